The zero-order valence-electron chi connectivity index (χ0n) is 13.5. The maximum absolute atomic E-state index is 12.0. The molecule has 1 heterocycles. The van der Waals surface area contributed by atoms with Gasteiger partial charge < -0.3 is 16.0 Å². The Morgan fingerprint density at radius 1 is 1.29 bits per heavy atom. The zero-order valence-corrected chi connectivity index (χ0v) is 13.5. The van der Waals surface area contributed by atoms with E-state index >= 15 is 0 Å². The summed E-state index contributed by atoms with van der Waals surface area (Å²) in [5, 5.41) is 3.56. The molecular formula is C16H30N4O. The van der Waals surface area contributed by atoms with Crippen LogP contribution in [0.15, 0.2) is 0 Å². The van der Waals surface area contributed by atoms with Crippen LogP contribution >= 0.6 is 0 Å². The third-order valence-electron chi connectivity index (χ3n) is 5.59. The molecule has 120 valence electrons. The molecule has 0 aromatic rings. The summed E-state index contributed by atoms with van der Waals surface area (Å²) in [6.45, 7) is 5.76. The summed E-state index contributed by atoms with van der Waals surface area (Å²) in [4.78, 5) is 17.1. The quantitative estimate of drug-likeness (QED) is 0.794. The smallest absolute Gasteiger partial charge is 0.237 e. The number of likely N-dealkylation sites (N-methyl/N-ethyl adjacent to an activating group) is 1. The average Bonchev–Trinajstić information content (AvgIpc) is 3.14. The Morgan fingerprint density at radius 2 is 2.05 bits per heavy atom. The molecular weight excluding hydrogens is 264 g/mol. The summed E-state index contributed by atoms with van der Waals surface area (Å²) in [7, 11) is 2.21. The van der Waals surface area contributed by atoms with Crippen molar-refractivity contribution in [2.75, 3.05) is 26.7 Å². The molecule has 3 rings (SSSR count). The second-order valence-electron chi connectivity index (χ2n) is 7.46. The largest absolute Gasteiger partial charge is 0.368 e. The van der Waals surface area contributed by atoms with Crippen molar-refractivity contribution in [1.29, 1.82) is 0 Å². The molecule has 0 radical (unpaired) electrons. The van der Waals surface area contributed by atoms with E-state index in [4.69, 9.17) is 5.73 Å². The van der Waals surface area contributed by atoms with Crippen LogP contribution < -0.4 is 11.1 Å². The first-order valence-corrected chi connectivity index (χ1v) is 8.52. The van der Waals surface area contributed by atoms with Gasteiger partial charge in [-0.1, -0.05) is 0 Å². The second-order valence-corrected chi connectivity index (χ2v) is 7.46. The van der Waals surface area contributed by atoms with Crippen LogP contribution in [0.25, 0.3) is 0 Å². The molecule has 1 amide bonds. The van der Waals surface area contributed by atoms with Gasteiger partial charge in [0, 0.05) is 24.7 Å². The molecule has 0 aromatic carbocycles. The first-order valence-electron chi connectivity index (χ1n) is 8.52. The standard InChI is InChI=1S/C16H30N4O/c1-12-11-19(2)8-3-9-20(12)14-6-7-16(10-14,15(17)21)18-13-4-5-13/h12-14,18H,3-11H2,1-2H3,(H2,17,21). The number of primary amides is 1. The number of nitrogens with two attached hydrogens (primary N) is 1. The summed E-state index contributed by atoms with van der Waals surface area (Å²) >= 11 is 0. The lowest BCUT2D eigenvalue weighted by Crippen LogP contribution is -2.56. The Bertz CT molecular complexity index is 398. The molecule has 5 heteroatoms. The molecule has 5 nitrogen and oxygen atoms in total. The summed E-state index contributed by atoms with van der Waals surface area (Å²) in [5.74, 6) is -0.142. The lowest BCUT2D eigenvalue weighted by Gasteiger charge is -2.35. The number of rotatable bonds is 4. The number of nitrogens with zero attached hydrogens (tertiary/aromatic N) is 2. The molecule has 2 aliphatic carbocycles. The average molecular weight is 294 g/mol. The molecule has 0 aromatic heterocycles. The topological polar surface area (TPSA) is 61.6 Å². The first-order chi connectivity index (χ1) is 10.00. The van der Waals surface area contributed by atoms with E-state index < -0.39 is 5.54 Å². The molecule has 1 aliphatic heterocycles. The minimum atomic E-state index is -0.441. The van der Waals surface area contributed by atoms with Crippen molar-refractivity contribution >= 4 is 5.91 Å². The SMILES string of the molecule is CC1CN(C)CCCN1C1CCC(NC2CC2)(C(N)=O)C1. The van der Waals surface area contributed by atoms with Crippen LogP contribution in [0.2, 0.25) is 0 Å². The Kier molecular flexibility index (Phi) is 4.26. The monoisotopic (exact) mass is 294 g/mol. The van der Waals surface area contributed by atoms with Crippen molar-refractivity contribution in [3.8, 4) is 0 Å². The maximum atomic E-state index is 12.0. The van der Waals surface area contributed by atoms with Gasteiger partial charge in [0.1, 0.15) is 0 Å². The maximum Gasteiger partial charge on any atom is 0.237 e. The number of hydrogen-bond donors (Lipinski definition) is 2. The number of nitrogens with one attached hydrogen (secondary N) is 1. The predicted octanol–water partition coefficient (Wildman–Crippen LogP) is 0.541. The van der Waals surface area contributed by atoms with E-state index in [1.165, 1.54) is 25.8 Å². The van der Waals surface area contributed by atoms with Gasteiger partial charge in [-0.05, 0) is 65.6 Å². The van der Waals surface area contributed by atoms with Gasteiger partial charge in [-0.15, -0.1) is 0 Å². The number of hydrogen-bond acceptors (Lipinski definition) is 4. The molecule has 2 saturated carbocycles. The fourth-order valence-corrected chi connectivity index (χ4v) is 4.28. The van der Waals surface area contributed by atoms with Crippen molar-refractivity contribution < 1.29 is 4.79 Å². The van der Waals surface area contributed by atoms with Crippen LogP contribution in [-0.4, -0.2) is 66.1 Å². The van der Waals surface area contributed by atoms with Crippen molar-refractivity contribution in [3.05, 3.63) is 0 Å². The summed E-state index contributed by atoms with van der Waals surface area (Å²) in [6, 6.07) is 1.60. The molecule has 3 fully saturated rings. The third kappa shape index (κ3) is 3.25. The van der Waals surface area contributed by atoms with Gasteiger partial charge in [-0.25, -0.2) is 0 Å². The van der Waals surface area contributed by atoms with Crippen molar-refractivity contribution in [1.82, 2.24) is 15.1 Å². The van der Waals surface area contributed by atoms with Crippen molar-refractivity contribution in [2.45, 2.75) is 69.1 Å². The fourth-order valence-electron chi connectivity index (χ4n) is 4.28. The highest BCUT2D eigenvalue weighted by atomic mass is 16.1. The van der Waals surface area contributed by atoms with Crippen LogP contribution in [0.4, 0.5) is 0 Å². The molecule has 1 saturated heterocycles. The predicted molar refractivity (Wildman–Crippen MR) is 84.0 cm³/mol. The lowest BCUT2D eigenvalue weighted by molar-refractivity contribution is -0.124. The van der Waals surface area contributed by atoms with E-state index in [9.17, 15) is 4.79 Å². The molecule has 0 bridgehead atoms. The van der Waals surface area contributed by atoms with E-state index in [2.05, 4.69) is 29.1 Å². The number of amides is 1. The van der Waals surface area contributed by atoms with Gasteiger partial charge >= 0.3 is 0 Å². The third-order valence-corrected chi connectivity index (χ3v) is 5.59. The molecule has 0 spiro atoms. The highest BCUT2D eigenvalue weighted by Gasteiger charge is 2.48. The van der Waals surface area contributed by atoms with Crippen molar-refractivity contribution in [2.24, 2.45) is 5.73 Å². The van der Waals surface area contributed by atoms with Crippen LogP contribution in [0.5, 0.6) is 0 Å². The number of carbonyl (C=O) groups excluding carboxylic acids is 1. The van der Waals surface area contributed by atoms with Crippen LogP contribution in [0, 0.1) is 0 Å². The van der Waals surface area contributed by atoms with E-state index in [-0.39, 0.29) is 5.91 Å². The van der Waals surface area contributed by atoms with E-state index in [0.717, 1.165) is 32.4 Å². The Hall–Kier alpha value is -0.650. The highest BCUT2D eigenvalue weighted by Crippen LogP contribution is 2.37. The van der Waals surface area contributed by atoms with Crippen LogP contribution in [-0.2, 0) is 4.79 Å². The minimum absolute atomic E-state index is 0.142. The second kappa shape index (κ2) is 5.86. The van der Waals surface area contributed by atoms with Gasteiger partial charge in [0.15, 0.2) is 0 Å². The Morgan fingerprint density at radius 3 is 2.71 bits per heavy atom. The Balaban J connectivity index is 1.68. The first kappa shape index (κ1) is 15.3. The summed E-state index contributed by atoms with van der Waals surface area (Å²) in [6.07, 6.45) is 6.51. The molecule has 3 unspecified atom stereocenters. The van der Waals surface area contributed by atoms with Crippen LogP contribution in [0.3, 0.4) is 0 Å². The molecule has 3 aliphatic rings. The summed E-state index contributed by atoms with van der Waals surface area (Å²) in [5.41, 5.74) is 5.32. The fraction of sp³-hybridized carbons (Fsp3) is 0.938. The normalized spacial score (nSPS) is 39.3. The molecule has 3 N–H and O–H groups in total. The van der Waals surface area contributed by atoms with Gasteiger partial charge in [0.2, 0.25) is 5.91 Å². The van der Waals surface area contributed by atoms with Gasteiger partial charge in [0.25, 0.3) is 0 Å². The molecule has 3 atom stereocenters. The van der Waals surface area contributed by atoms with Crippen LogP contribution in [0.1, 0.15) is 45.4 Å². The van der Waals surface area contributed by atoms with E-state index in [0.29, 0.717) is 18.1 Å². The molecule has 21 heavy (non-hydrogen) atoms. The van der Waals surface area contributed by atoms with Gasteiger partial charge in [0.05, 0.1) is 5.54 Å². The zero-order chi connectivity index (χ0) is 15.0. The Labute approximate surface area is 128 Å². The van der Waals surface area contributed by atoms with E-state index in [1.54, 1.807) is 0 Å². The highest BCUT2D eigenvalue weighted by molar-refractivity contribution is 5.85. The van der Waals surface area contributed by atoms with E-state index in [1.807, 2.05) is 0 Å². The minimum Gasteiger partial charge on any atom is -0.368 e. The van der Waals surface area contributed by atoms with Gasteiger partial charge in [-0.3, -0.25) is 9.69 Å². The summed E-state index contributed by atoms with van der Waals surface area (Å²) < 4.78 is 0. The van der Waals surface area contributed by atoms with Gasteiger partial charge in [-0.2, -0.15) is 0 Å². The van der Waals surface area contributed by atoms with Crippen molar-refractivity contribution in [3.63, 3.8) is 0 Å². The number of carbonyl (C=O) groups is 1. The lowest BCUT2D eigenvalue weighted by atomic mass is 9.95.